The van der Waals surface area contributed by atoms with E-state index in [1.807, 2.05) is 18.2 Å². The Labute approximate surface area is 106 Å². The van der Waals surface area contributed by atoms with Crippen molar-refractivity contribution < 1.29 is 14.3 Å². The Kier molecular flexibility index (Phi) is 3.92. The first-order valence-corrected chi connectivity index (χ1v) is 5.98. The lowest BCUT2D eigenvalue weighted by atomic mass is 10.2. The number of amides is 1. The largest absolute Gasteiger partial charge is 0.497 e. The van der Waals surface area contributed by atoms with Gasteiger partial charge in [0.2, 0.25) is 5.91 Å². The predicted molar refractivity (Wildman–Crippen MR) is 69.2 cm³/mol. The molecule has 1 aliphatic heterocycles. The number of anilines is 1. The predicted octanol–water partition coefficient (Wildman–Crippen LogP) is 1.39. The van der Waals surface area contributed by atoms with Crippen LogP contribution < -0.4 is 20.1 Å². The second-order valence-corrected chi connectivity index (χ2v) is 4.25. The van der Waals surface area contributed by atoms with E-state index < -0.39 is 0 Å². The van der Waals surface area contributed by atoms with Crippen molar-refractivity contribution in [3.8, 4) is 11.5 Å². The molecule has 5 heteroatoms. The summed E-state index contributed by atoms with van der Waals surface area (Å²) in [6.07, 6.45) is 1.49. The Hall–Kier alpha value is -1.91. The number of hydrogen-bond donors (Lipinski definition) is 2. The summed E-state index contributed by atoms with van der Waals surface area (Å²) < 4.78 is 10.5. The lowest BCUT2D eigenvalue weighted by Gasteiger charge is -2.15. The van der Waals surface area contributed by atoms with E-state index in [1.54, 1.807) is 14.2 Å². The van der Waals surface area contributed by atoms with Crippen LogP contribution in [0.4, 0.5) is 5.69 Å². The Bertz CT molecular complexity index is 434. The van der Waals surface area contributed by atoms with E-state index in [2.05, 4.69) is 10.6 Å². The summed E-state index contributed by atoms with van der Waals surface area (Å²) in [5.41, 5.74) is 0.873. The molecule has 98 valence electrons. The van der Waals surface area contributed by atoms with Gasteiger partial charge in [-0.15, -0.1) is 0 Å². The molecule has 0 radical (unpaired) electrons. The molecule has 0 spiro atoms. The molecule has 1 heterocycles. The molecule has 0 bridgehead atoms. The highest BCUT2D eigenvalue weighted by Gasteiger charge is 2.20. The monoisotopic (exact) mass is 250 g/mol. The summed E-state index contributed by atoms with van der Waals surface area (Å²) in [5.74, 6) is 1.66. The smallest absolute Gasteiger partial charge is 0.220 e. The number of methoxy groups -OCH3 is 2. The fourth-order valence-corrected chi connectivity index (χ4v) is 2.02. The van der Waals surface area contributed by atoms with E-state index in [4.69, 9.17) is 9.47 Å². The fraction of sp³-hybridized carbons (Fsp3) is 0.462. The van der Waals surface area contributed by atoms with Crippen LogP contribution in [0.1, 0.15) is 12.8 Å². The van der Waals surface area contributed by atoms with Gasteiger partial charge in [-0.25, -0.2) is 0 Å². The standard InChI is InChI=1S/C13H18N2O3/c1-17-10-4-5-12(18-2)11(7-10)14-8-9-3-6-13(16)15-9/h4-5,7,9,14H,3,6,8H2,1-2H3,(H,15,16). The molecule has 1 saturated heterocycles. The molecule has 1 unspecified atom stereocenters. The number of benzene rings is 1. The Morgan fingerprint density at radius 3 is 2.83 bits per heavy atom. The molecule has 1 fully saturated rings. The molecule has 2 N–H and O–H groups in total. The van der Waals surface area contributed by atoms with Crippen molar-refractivity contribution in [1.82, 2.24) is 5.32 Å². The Balaban J connectivity index is 2.00. The number of carbonyl (C=O) groups is 1. The van der Waals surface area contributed by atoms with Gasteiger partial charge in [-0.2, -0.15) is 0 Å². The maximum absolute atomic E-state index is 11.1. The number of rotatable bonds is 5. The average Bonchev–Trinajstić information content (AvgIpc) is 2.81. The van der Waals surface area contributed by atoms with Crippen LogP contribution >= 0.6 is 0 Å². The van der Waals surface area contributed by atoms with Gasteiger partial charge in [-0.3, -0.25) is 4.79 Å². The van der Waals surface area contributed by atoms with Crippen molar-refractivity contribution in [2.45, 2.75) is 18.9 Å². The van der Waals surface area contributed by atoms with Crippen LogP contribution in [-0.4, -0.2) is 32.7 Å². The molecule has 1 aromatic carbocycles. The van der Waals surface area contributed by atoms with Crippen molar-refractivity contribution in [2.24, 2.45) is 0 Å². The normalized spacial score (nSPS) is 18.3. The molecular formula is C13H18N2O3. The number of carbonyl (C=O) groups excluding carboxylic acids is 1. The minimum absolute atomic E-state index is 0.124. The first kappa shape index (κ1) is 12.5. The lowest BCUT2D eigenvalue weighted by Crippen LogP contribution is -2.31. The molecular weight excluding hydrogens is 232 g/mol. The van der Waals surface area contributed by atoms with Gasteiger partial charge in [0.05, 0.1) is 19.9 Å². The highest BCUT2D eigenvalue weighted by molar-refractivity contribution is 5.78. The molecule has 1 aliphatic rings. The third kappa shape index (κ3) is 2.85. The quantitative estimate of drug-likeness (QED) is 0.829. The van der Waals surface area contributed by atoms with Crippen LogP contribution in [0, 0.1) is 0 Å². The van der Waals surface area contributed by atoms with Crippen LogP contribution in [0.15, 0.2) is 18.2 Å². The van der Waals surface area contributed by atoms with E-state index in [-0.39, 0.29) is 11.9 Å². The first-order chi connectivity index (χ1) is 8.72. The van der Waals surface area contributed by atoms with E-state index >= 15 is 0 Å². The zero-order chi connectivity index (χ0) is 13.0. The summed E-state index contributed by atoms with van der Waals surface area (Å²) in [7, 11) is 3.26. The molecule has 2 rings (SSSR count). The number of hydrogen-bond acceptors (Lipinski definition) is 4. The van der Waals surface area contributed by atoms with Gasteiger partial charge in [0.1, 0.15) is 11.5 Å². The average molecular weight is 250 g/mol. The van der Waals surface area contributed by atoms with Crippen LogP contribution in [-0.2, 0) is 4.79 Å². The van der Waals surface area contributed by atoms with Gasteiger partial charge < -0.3 is 20.1 Å². The summed E-state index contributed by atoms with van der Waals surface area (Å²) >= 11 is 0. The minimum Gasteiger partial charge on any atom is -0.497 e. The third-order valence-corrected chi connectivity index (χ3v) is 3.03. The van der Waals surface area contributed by atoms with Crippen LogP contribution in [0.3, 0.4) is 0 Å². The van der Waals surface area contributed by atoms with E-state index in [0.29, 0.717) is 13.0 Å². The third-order valence-electron chi connectivity index (χ3n) is 3.03. The SMILES string of the molecule is COc1ccc(OC)c(NCC2CCC(=O)N2)c1. The summed E-state index contributed by atoms with van der Waals surface area (Å²) in [6, 6.07) is 5.78. The molecule has 0 aliphatic carbocycles. The van der Waals surface area contributed by atoms with Gasteiger partial charge in [0.15, 0.2) is 0 Å². The van der Waals surface area contributed by atoms with Gasteiger partial charge in [0.25, 0.3) is 0 Å². The minimum atomic E-state index is 0.124. The summed E-state index contributed by atoms with van der Waals surface area (Å²) in [6.45, 7) is 0.690. The highest BCUT2D eigenvalue weighted by Crippen LogP contribution is 2.28. The number of nitrogens with one attached hydrogen (secondary N) is 2. The molecule has 0 saturated carbocycles. The molecule has 18 heavy (non-hydrogen) atoms. The second kappa shape index (κ2) is 5.62. The van der Waals surface area contributed by atoms with Crippen molar-refractivity contribution >= 4 is 11.6 Å². The maximum Gasteiger partial charge on any atom is 0.220 e. The van der Waals surface area contributed by atoms with Crippen LogP contribution in [0.25, 0.3) is 0 Å². The summed E-state index contributed by atoms with van der Waals surface area (Å²) in [5, 5.41) is 6.20. The highest BCUT2D eigenvalue weighted by atomic mass is 16.5. The van der Waals surface area contributed by atoms with Gasteiger partial charge in [-0.1, -0.05) is 0 Å². The second-order valence-electron chi connectivity index (χ2n) is 4.25. The first-order valence-electron chi connectivity index (χ1n) is 5.98. The van der Waals surface area contributed by atoms with Gasteiger partial charge >= 0.3 is 0 Å². The van der Waals surface area contributed by atoms with Crippen molar-refractivity contribution in [2.75, 3.05) is 26.1 Å². The molecule has 1 atom stereocenters. The van der Waals surface area contributed by atoms with Gasteiger partial charge in [-0.05, 0) is 18.6 Å². The molecule has 1 amide bonds. The lowest BCUT2D eigenvalue weighted by molar-refractivity contribution is -0.119. The molecule has 0 aromatic heterocycles. The van der Waals surface area contributed by atoms with E-state index in [1.165, 1.54) is 0 Å². The van der Waals surface area contributed by atoms with E-state index in [0.717, 1.165) is 23.6 Å². The summed E-state index contributed by atoms with van der Waals surface area (Å²) in [4.78, 5) is 11.1. The van der Waals surface area contributed by atoms with Crippen molar-refractivity contribution in [3.05, 3.63) is 18.2 Å². The van der Waals surface area contributed by atoms with Crippen LogP contribution in [0.5, 0.6) is 11.5 Å². The zero-order valence-corrected chi connectivity index (χ0v) is 10.7. The van der Waals surface area contributed by atoms with Crippen molar-refractivity contribution in [1.29, 1.82) is 0 Å². The van der Waals surface area contributed by atoms with Crippen LogP contribution in [0.2, 0.25) is 0 Å². The van der Waals surface area contributed by atoms with Gasteiger partial charge in [0, 0.05) is 25.1 Å². The van der Waals surface area contributed by atoms with E-state index in [9.17, 15) is 4.79 Å². The molecule has 1 aromatic rings. The fourth-order valence-electron chi connectivity index (χ4n) is 2.02. The molecule has 5 nitrogen and oxygen atoms in total. The number of ether oxygens (including phenoxy) is 2. The van der Waals surface area contributed by atoms with Crippen molar-refractivity contribution in [3.63, 3.8) is 0 Å². The Morgan fingerprint density at radius 1 is 1.39 bits per heavy atom. The zero-order valence-electron chi connectivity index (χ0n) is 10.7. The Morgan fingerprint density at radius 2 is 2.22 bits per heavy atom. The maximum atomic E-state index is 11.1. The topological polar surface area (TPSA) is 59.6 Å².